The highest BCUT2D eigenvalue weighted by molar-refractivity contribution is 5.38. The first-order valence-corrected chi connectivity index (χ1v) is 7.72. The van der Waals surface area contributed by atoms with Crippen LogP contribution in [0.3, 0.4) is 0 Å². The van der Waals surface area contributed by atoms with E-state index in [0.717, 1.165) is 0 Å². The van der Waals surface area contributed by atoms with Crippen molar-refractivity contribution in [3.8, 4) is 0 Å². The lowest BCUT2D eigenvalue weighted by molar-refractivity contribution is 0.126. The average molecular weight is 259 g/mol. The molecule has 2 rings (SSSR count). The summed E-state index contributed by atoms with van der Waals surface area (Å²) in [6.45, 7) is 12.4. The van der Waals surface area contributed by atoms with Gasteiger partial charge < -0.3 is 5.32 Å². The molecule has 1 fully saturated rings. The van der Waals surface area contributed by atoms with E-state index in [1.165, 1.54) is 48.9 Å². The topological polar surface area (TPSA) is 12.0 Å². The second-order valence-corrected chi connectivity index (χ2v) is 6.94. The molecule has 1 aromatic rings. The van der Waals surface area contributed by atoms with Gasteiger partial charge >= 0.3 is 0 Å². The molecule has 0 saturated heterocycles. The first-order valence-electron chi connectivity index (χ1n) is 7.72. The van der Waals surface area contributed by atoms with Crippen molar-refractivity contribution in [1.82, 2.24) is 5.32 Å². The summed E-state index contributed by atoms with van der Waals surface area (Å²) >= 11 is 0. The van der Waals surface area contributed by atoms with Crippen molar-refractivity contribution < 1.29 is 0 Å². The van der Waals surface area contributed by atoms with Crippen LogP contribution in [0.25, 0.3) is 0 Å². The van der Waals surface area contributed by atoms with Crippen LogP contribution in [0.1, 0.15) is 55.4 Å². The molecule has 1 aliphatic rings. The summed E-state index contributed by atoms with van der Waals surface area (Å²) in [5.41, 5.74) is 6.47. The van der Waals surface area contributed by atoms with E-state index in [4.69, 9.17) is 0 Å². The smallest absolute Gasteiger partial charge is 0.00134 e. The molecule has 0 amide bonds. The predicted molar refractivity (Wildman–Crippen MR) is 83.8 cm³/mol. The number of benzene rings is 1. The minimum Gasteiger partial charge on any atom is -0.314 e. The molecule has 0 atom stereocenters. The molecule has 0 aliphatic heterocycles. The highest BCUT2D eigenvalue weighted by Crippen LogP contribution is 2.44. The van der Waals surface area contributed by atoms with E-state index in [2.05, 4.69) is 52.1 Å². The number of rotatable bonds is 5. The lowest BCUT2D eigenvalue weighted by Crippen LogP contribution is -2.44. The normalized spacial score (nSPS) is 17.6. The number of hydrogen-bond donors (Lipinski definition) is 1. The van der Waals surface area contributed by atoms with E-state index in [1.807, 2.05) is 0 Å². The second kappa shape index (κ2) is 5.66. The van der Waals surface area contributed by atoms with E-state index in [1.54, 1.807) is 5.56 Å². The van der Waals surface area contributed by atoms with Gasteiger partial charge in [-0.1, -0.05) is 38.0 Å². The van der Waals surface area contributed by atoms with Gasteiger partial charge in [0.2, 0.25) is 0 Å². The fourth-order valence-electron chi connectivity index (χ4n) is 3.38. The Morgan fingerprint density at radius 3 is 2.11 bits per heavy atom. The Bertz CT molecular complexity index is 418. The molecule has 0 heterocycles. The maximum absolute atomic E-state index is 3.66. The van der Waals surface area contributed by atoms with Gasteiger partial charge in [0, 0.05) is 12.6 Å². The van der Waals surface area contributed by atoms with Gasteiger partial charge in [-0.2, -0.15) is 0 Å². The highest BCUT2D eigenvalue weighted by Gasteiger charge is 2.37. The Labute approximate surface area is 118 Å². The van der Waals surface area contributed by atoms with Crippen LogP contribution in [-0.2, 0) is 6.42 Å². The summed E-state index contributed by atoms with van der Waals surface area (Å²) < 4.78 is 0. The molecular weight excluding hydrogens is 230 g/mol. The zero-order valence-electron chi connectivity index (χ0n) is 13.3. The molecule has 0 radical (unpaired) electrons. The SMILES string of the molecule is Cc1cc(C)c(CC2(CNC(C)C)CCC2)c(C)c1. The Hall–Kier alpha value is -0.820. The molecule has 19 heavy (non-hydrogen) atoms. The van der Waals surface area contributed by atoms with Gasteiger partial charge in [0.1, 0.15) is 0 Å². The van der Waals surface area contributed by atoms with Gasteiger partial charge in [-0.15, -0.1) is 0 Å². The van der Waals surface area contributed by atoms with Crippen LogP contribution in [0.4, 0.5) is 0 Å². The van der Waals surface area contributed by atoms with Gasteiger partial charge in [-0.3, -0.25) is 0 Å². The van der Waals surface area contributed by atoms with Crippen molar-refractivity contribution in [1.29, 1.82) is 0 Å². The van der Waals surface area contributed by atoms with Crippen molar-refractivity contribution in [2.24, 2.45) is 5.41 Å². The monoisotopic (exact) mass is 259 g/mol. The van der Waals surface area contributed by atoms with Crippen LogP contribution in [0.2, 0.25) is 0 Å². The van der Waals surface area contributed by atoms with Crippen molar-refractivity contribution >= 4 is 0 Å². The number of nitrogens with one attached hydrogen (secondary N) is 1. The maximum Gasteiger partial charge on any atom is 0.00134 e. The molecule has 0 spiro atoms. The van der Waals surface area contributed by atoms with Crippen LogP contribution in [-0.4, -0.2) is 12.6 Å². The van der Waals surface area contributed by atoms with E-state index < -0.39 is 0 Å². The first-order chi connectivity index (χ1) is 8.92. The zero-order chi connectivity index (χ0) is 14.0. The highest BCUT2D eigenvalue weighted by atomic mass is 14.9. The standard InChI is InChI=1S/C18H29N/c1-13(2)19-12-18(7-6-8-18)11-17-15(4)9-14(3)10-16(17)5/h9-10,13,19H,6-8,11-12H2,1-5H3. The van der Waals surface area contributed by atoms with Gasteiger partial charge in [-0.05, 0) is 62.1 Å². The molecule has 1 saturated carbocycles. The third-order valence-electron chi connectivity index (χ3n) is 4.69. The lowest BCUT2D eigenvalue weighted by atomic mass is 9.64. The average Bonchev–Trinajstić information content (AvgIpc) is 2.24. The van der Waals surface area contributed by atoms with E-state index in [-0.39, 0.29) is 0 Å². The molecule has 0 unspecified atom stereocenters. The summed E-state index contributed by atoms with van der Waals surface area (Å²) in [6.07, 6.45) is 5.44. The van der Waals surface area contributed by atoms with Crippen LogP contribution >= 0.6 is 0 Å². The summed E-state index contributed by atoms with van der Waals surface area (Å²) in [4.78, 5) is 0. The quantitative estimate of drug-likeness (QED) is 0.830. The second-order valence-electron chi connectivity index (χ2n) is 6.94. The molecule has 1 nitrogen and oxygen atoms in total. The third-order valence-corrected chi connectivity index (χ3v) is 4.69. The van der Waals surface area contributed by atoms with Gasteiger partial charge in [0.05, 0.1) is 0 Å². The number of aryl methyl sites for hydroxylation is 3. The molecule has 1 heteroatoms. The van der Waals surface area contributed by atoms with E-state index in [9.17, 15) is 0 Å². The molecule has 0 bridgehead atoms. The van der Waals surface area contributed by atoms with Crippen LogP contribution < -0.4 is 5.32 Å². The summed E-state index contributed by atoms with van der Waals surface area (Å²) in [6, 6.07) is 5.27. The van der Waals surface area contributed by atoms with Crippen molar-refractivity contribution in [2.75, 3.05) is 6.54 Å². The molecule has 1 aromatic carbocycles. The van der Waals surface area contributed by atoms with Crippen molar-refractivity contribution in [3.63, 3.8) is 0 Å². The largest absolute Gasteiger partial charge is 0.314 e. The third kappa shape index (κ3) is 3.39. The molecule has 0 aromatic heterocycles. The Morgan fingerprint density at radius 2 is 1.68 bits per heavy atom. The van der Waals surface area contributed by atoms with Gasteiger partial charge in [-0.25, -0.2) is 0 Å². The molecule has 1 aliphatic carbocycles. The molecular formula is C18H29N. The molecule has 1 N–H and O–H groups in total. The van der Waals surface area contributed by atoms with E-state index in [0.29, 0.717) is 11.5 Å². The summed E-state index contributed by atoms with van der Waals surface area (Å²) in [5.74, 6) is 0. The fraction of sp³-hybridized carbons (Fsp3) is 0.667. The van der Waals surface area contributed by atoms with Crippen LogP contribution in [0.15, 0.2) is 12.1 Å². The molecule has 106 valence electrons. The van der Waals surface area contributed by atoms with Crippen LogP contribution in [0.5, 0.6) is 0 Å². The summed E-state index contributed by atoms with van der Waals surface area (Å²) in [7, 11) is 0. The Balaban J connectivity index is 2.14. The Kier molecular flexibility index (Phi) is 4.35. The minimum absolute atomic E-state index is 0.523. The number of hydrogen-bond acceptors (Lipinski definition) is 1. The predicted octanol–water partition coefficient (Wildman–Crippen LogP) is 4.32. The fourth-order valence-corrected chi connectivity index (χ4v) is 3.38. The van der Waals surface area contributed by atoms with E-state index >= 15 is 0 Å². The Morgan fingerprint density at radius 1 is 1.11 bits per heavy atom. The minimum atomic E-state index is 0.523. The summed E-state index contributed by atoms with van der Waals surface area (Å²) in [5, 5.41) is 3.66. The first kappa shape index (κ1) is 14.6. The van der Waals surface area contributed by atoms with Gasteiger partial charge in [0.15, 0.2) is 0 Å². The van der Waals surface area contributed by atoms with Crippen molar-refractivity contribution in [2.45, 2.75) is 66.3 Å². The van der Waals surface area contributed by atoms with Crippen molar-refractivity contribution in [3.05, 3.63) is 34.4 Å². The van der Waals surface area contributed by atoms with Gasteiger partial charge in [0.25, 0.3) is 0 Å². The lowest BCUT2D eigenvalue weighted by Gasteiger charge is -2.43. The zero-order valence-corrected chi connectivity index (χ0v) is 13.3. The maximum atomic E-state index is 3.66. The van der Waals surface area contributed by atoms with Crippen LogP contribution in [0, 0.1) is 26.2 Å².